The van der Waals surface area contributed by atoms with Crippen LogP contribution in [0.1, 0.15) is 24.5 Å². The van der Waals surface area contributed by atoms with Gasteiger partial charge in [-0.1, -0.05) is 48.9 Å². The molecule has 0 bridgehead atoms. The first-order chi connectivity index (χ1) is 12.1. The van der Waals surface area contributed by atoms with Crippen LogP contribution in [0.2, 0.25) is 5.02 Å². The molecule has 2 rings (SSSR count). The average Bonchev–Trinajstić information content (AvgIpc) is 2.62. The molecule has 1 N–H and O–H groups in total. The first kappa shape index (κ1) is 19.7. The van der Waals surface area contributed by atoms with E-state index in [9.17, 15) is 4.79 Å². The Labute approximate surface area is 159 Å². The number of amides is 1. The van der Waals surface area contributed by atoms with E-state index in [-0.39, 0.29) is 5.91 Å². The second kappa shape index (κ2) is 10.4. The van der Waals surface area contributed by atoms with Crippen LogP contribution in [0.25, 0.3) is 0 Å². The summed E-state index contributed by atoms with van der Waals surface area (Å²) in [6, 6.07) is 15.6. The number of thioether (sulfide) groups is 1. The molecule has 0 saturated heterocycles. The molecule has 0 spiro atoms. The highest BCUT2D eigenvalue weighted by atomic mass is 35.5. The molecule has 0 aliphatic carbocycles. The highest BCUT2D eigenvalue weighted by Crippen LogP contribution is 2.19. The first-order valence-corrected chi connectivity index (χ1v) is 9.95. The van der Waals surface area contributed by atoms with Gasteiger partial charge in [-0.15, -0.1) is 0 Å². The van der Waals surface area contributed by atoms with Crippen molar-refractivity contribution >= 4 is 29.3 Å². The van der Waals surface area contributed by atoms with Gasteiger partial charge in [0.15, 0.2) is 6.10 Å². The number of para-hydroxylation sites is 1. The lowest BCUT2D eigenvalue weighted by atomic mass is 10.2. The molecule has 0 unspecified atom stereocenters. The molecule has 1 atom stereocenters. The van der Waals surface area contributed by atoms with Crippen molar-refractivity contribution in [1.29, 1.82) is 0 Å². The Morgan fingerprint density at radius 3 is 2.60 bits per heavy atom. The predicted molar refractivity (Wildman–Crippen MR) is 107 cm³/mol. The summed E-state index contributed by atoms with van der Waals surface area (Å²) in [7, 11) is 0. The zero-order valence-electron chi connectivity index (χ0n) is 14.6. The molecule has 0 aliphatic rings. The van der Waals surface area contributed by atoms with Gasteiger partial charge in [0, 0.05) is 23.1 Å². The fraction of sp³-hybridized carbons (Fsp3) is 0.350. The maximum Gasteiger partial charge on any atom is 0.261 e. The van der Waals surface area contributed by atoms with Crippen LogP contribution in [0.15, 0.2) is 48.5 Å². The van der Waals surface area contributed by atoms with E-state index in [0.29, 0.717) is 13.0 Å². The quantitative estimate of drug-likeness (QED) is 0.634. The van der Waals surface area contributed by atoms with Gasteiger partial charge < -0.3 is 10.1 Å². The lowest BCUT2D eigenvalue weighted by Gasteiger charge is -2.18. The number of nitrogens with one attached hydrogen (secondary N) is 1. The molecular weight excluding hydrogens is 354 g/mol. The summed E-state index contributed by atoms with van der Waals surface area (Å²) in [6.07, 6.45) is 0.181. The minimum Gasteiger partial charge on any atom is -0.480 e. The van der Waals surface area contributed by atoms with E-state index >= 15 is 0 Å². The van der Waals surface area contributed by atoms with Gasteiger partial charge >= 0.3 is 0 Å². The number of carbonyl (C=O) groups is 1. The summed E-state index contributed by atoms with van der Waals surface area (Å²) in [6.45, 7) is 4.57. The summed E-state index contributed by atoms with van der Waals surface area (Å²) >= 11 is 7.66. The molecule has 134 valence electrons. The Bertz CT molecular complexity index is 676. The van der Waals surface area contributed by atoms with Crippen molar-refractivity contribution in [2.75, 3.05) is 12.3 Å². The van der Waals surface area contributed by atoms with Gasteiger partial charge in [-0.25, -0.2) is 0 Å². The second-order valence-electron chi connectivity index (χ2n) is 5.75. The molecular formula is C20H24ClNO2S. The number of aryl methyl sites for hydroxylation is 1. The number of rotatable bonds is 9. The lowest BCUT2D eigenvalue weighted by Crippen LogP contribution is -2.39. The van der Waals surface area contributed by atoms with Crippen LogP contribution >= 0.6 is 23.4 Å². The van der Waals surface area contributed by atoms with Gasteiger partial charge in [0.1, 0.15) is 5.75 Å². The van der Waals surface area contributed by atoms with Gasteiger partial charge in [-0.05, 0) is 42.7 Å². The van der Waals surface area contributed by atoms with Gasteiger partial charge in [-0.2, -0.15) is 11.8 Å². The number of benzene rings is 2. The largest absolute Gasteiger partial charge is 0.480 e. The Hall–Kier alpha value is -1.65. The number of hydrogen-bond acceptors (Lipinski definition) is 3. The summed E-state index contributed by atoms with van der Waals surface area (Å²) < 4.78 is 5.86. The highest BCUT2D eigenvalue weighted by Gasteiger charge is 2.18. The lowest BCUT2D eigenvalue weighted by molar-refractivity contribution is -0.128. The fourth-order valence-electron chi connectivity index (χ4n) is 2.30. The predicted octanol–water partition coefficient (Wildman–Crippen LogP) is 4.86. The average molecular weight is 378 g/mol. The normalized spacial score (nSPS) is 11.8. The molecule has 3 nitrogen and oxygen atoms in total. The zero-order valence-corrected chi connectivity index (χ0v) is 16.2. The van der Waals surface area contributed by atoms with Crippen molar-refractivity contribution in [3.63, 3.8) is 0 Å². The SMILES string of the molecule is CC[C@@H](Oc1ccccc1C)C(=O)NCCSCc1ccc(Cl)cc1. The van der Waals surface area contributed by atoms with E-state index in [2.05, 4.69) is 5.32 Å². The Balaban J connectivity index is 1.71. The smallest absolute Gasteiger partial charge is 0.261 e. The number of ether oxygens (including phenoxy) is 1. The van der Waals surface area contributed by atoms with Crippen molar-refractivity contribution in [2.45, 2.75) is 32.1 Å². The number of halogens is 1. The van der Waals surface area contributed by atoms with E-state index in [1.807, 2.05) is 62.4 Å². The Morgan fingerprint density at radius 2 is 1.92 bits per heavy atom. The molecule has 0 heterocycles. The van der Waals surface area contributed by atoms with E-state index in [1.54, 1.807) is 11.8 Å². The summed E-state index contributed by atoms with van der Waals surface area (Å²) in [5.41, 5.74) is 2.27. The van der Waals surface area contributed by atoms with Crippen LogP contribution in [0.3, 0.4) is 0 Å². The van der Waals surface area contributed by atoms with Gasteiger partial charge in [-0.3, -0.25) is 4.79 Å². The van der Waals surface area contributed by atoms with Crippen LogP contribution in [0.5, 0.6) is 5.75 Å². The molecule has 0 fully saturated rings. The minimum absolute atomic E-state index is 0.0576. The van der Waals surface area contributed by atoms with Crippen molar-refractivity contribution in [3.8, 4) is 5.75 Å². The molecule has 0 aromatic heterocycles. The van der Waals surface area contributed by atoms with Crippen LogP contribution in [-0.4, -0.2) is 24.3 Å². The first-order valence-electron chi connectivity index (χ1n) is 8.42. The second-order valence-corrected chi connectivity index (χ2v) is 7.29. The van der Waals surface area contributed by atoms with E-state index < -0.39 is 6.10 Å². The third-order valence-corrected chi connectivity index (χ3v) is 5.04. The highest BCUT2D eigenvalue weighted by molar-refractivity contribution is 7.98. The molecule has 2 aromatic rings. The summed E-state index contributed by atoms with van der Waals surface area (Å²) in [4.78, 5) is 12.3. The Morgan fingerprint density at radius 1 is 1.20 bits per heavy atom. The van der Waals surface area contributed by atoms with E-state index in [4.69, 9.17) is 16.3 Å². The van der Waals surface area contributed by atoms with Crippen molar-refractivity contribution in [3.05, 3.63) is 64.7 Å². The number of carbonyl (C=O) groups excluding carboxylic acids is 1. The van der Waals surface area contributed by atoms with E-state index in [0.717, 1.165) is 27.8 Å². The monoisotopic (exact) mass is 377 g/mol. The Kier molecular flexibility index (Phi) is 8.16. The topological polar surface area (TPSA) is 38.3 Å². The third kappa shape index (κ3) is 6.63. The molecule has 0 saturated carbocycles. The van der Waals surface area contributed by atoms with Gasteiger partial charge in [0.05, 0.1) is 0 Å². The zero-order chi connectivity index (χ0) is 18.1. The summed E-state index contributed by atoms with van der Waals surface area (Å²) in [5.74, 6) is 2.47. The van der Waals surface area contributed by atoms with Crippen molar-refractivity contribution < 1.29 is 9.53 Å². The van der Waals surface area contributed by atoms with Crippen molar-refractivity contribution in [2.24, 2.45) is 0 Å². The van der Waals surface area contributed by atoms with Gasteiger partial charge in [0.25, 0.3) is 5.91 Å². The number of hydrogen-bond donors (Lipinski definition) is 1. The molecule has 2 aromatic carbocycles. The van der Waals surface area contributed by atoms with Crippen LogP contribution in [-0.2, 0) is 10.5 Å². The van der Waals surface area contributed by atoms with E-state index in [1.165, 1.54) is 5.56 Å². The minimum atomic E-state index is -0.456. The molecule has 25 heavy (non-hydrogen) atoms. The van der Waals surface area contributed by atoms with Crippen LogP contribution in [0, 0.1) is 6.92 Å². The summed E-state index contributed by atoms with van der Waals surface area (Å²) in [5, 5.41) is 3.71. The van der Waals surface area contributed by atoms with Crippen molar-refractivity contribution in [1.82, 2.24) is 5.32 Å². The fourth-order valence-corrected chi connectivity index (χ4v) is 3.24. The third-order valence-electron chi connectivity index (χ3n) is 3.75. The maximum atomic E-state index is 12.3. The van der Waals surface area contributed by atoms with Crippen LogP contribution < -0.4 is 10.1 Å². The molecule has 5 heteroatoms. The van der Waals surface area contributed by atoms with Gasteiger partial charge in [0.2, 0.25) is 0 Å². The van der Waals surface area contributed by atoms with Crippen LogP contribution in [0.4, 0.5) is 0 Å². The molecule has 0 aliphatic heterocycles. The molecule has 0 radical (unpaired) electrons. The maximum absolute atomic E-state index is 12.3. The standard InChI is InChI=1S/C20H24ClNO2S/c1-3-18(24-19-7-5-4-6-15(19)2)20(23)22-12-13-25-14-16-8-10-17(21)11-9-16/h4-11,18H,3,12-14H2,1-2H3,(H,22,23)/t18-/m1/s1. The molecule has 1 amide bonds.